The van der Waals surface area contributed by atoms with Crippen molar-refractivity contribution in [3.05, 3.63) is 22.2 Å². The fraction of sp³-hybridized carbons (Fsp3) is 0.500. The summed E-state index contributed by atoms with van der Waals surface area (Å²) in [5, 5.41) is 22.7. The maximum Gasteiger partial charge on any atom is 0.311 e. The van der Waals surface area contributed by atoms with Crippen molar-refractivity contribution in [1.29, 1.82) is 0 Å². The van der Waals surface area contributed by atoms with Crippen LogP contribution in [0.1, 0.15) is 13.8 Å². The van der Waals surface area contributed by atoms with Gasteiger partial charge in [-0.2, -0.15) is 0 Å². The third-order valence-corrected chi connectivity index (χ3v) is 2.43. The van der Waals surface area contributed by atoms with Gasteiger partial charge in [-0.1, -0.05) is 13.8 Å². The maximum atomic E-state index is 10.5. The first-order valence-electron chi connectivity index (χ1n) is 5.24. The molecule has 0 fully saturated rings. The summed E-state index contributed by atoms with van der Waals surface area (Å²) in [6, 6.07) is 2.60. The van der Waals surface area contributed by atoms with Crippen LogP contribution in [-0.2, 0) is 0 Å². The molecule has 0 aliphatic carbocycles. The second-order valence-corrected chi connectivity index (χ2v) is 4.04. The number of nitrogens with two attached hydrogens (primary N) is 1. The topological polar surface area (TPSA) is 114 Å². The van der Waals surface area contributed by atoms with E-state index in [0.717, 1.165) is 0 Å². The Kier molecular flexibility index (Phi) is 4.22. The molecule has 0 radical (unpaired) electrons. The van der Waals surface area contributed by atoms with Gasteiger partial charge in [0.1, 0.15) is 5.82 Å². The van der Waals surface area contributed by atoms with Crippen LogP contribution in [0.3, 0.4) is 0 Å². The van der Waals surface area contributed by atoms with Crippen LogP contribution >= 0.6 is 0 Å². The summed E-state index contributed by atoms with van der Waals surface area (Å²) < 4.78 is 0. The molecule has 0 spiro atoms. The molecule has 7 heteroatoms. The van der Waals surface area contributed by atoms with Crippen LogP contribution in [0.15, 0.2) is 12.1 Å². The van der Waals surface area contributed by atoms with Gasteiger partial charge >= 0.3 is 5.69 Å². The molecule has 1 heterocycles. The van der Waals surface area contributed by atoms with E-state index in [1.807, 2.05) is 13.8 Å². The number of nitrogen functional groups attached to an aromatic ring is 1. The lowest BCUT2D eigenvalue weighted by Gasteiger charge is -2.20. The quantitative estimate of drug-likeness (QED) is 0.522. The molecule has 0 aromatic carbocycles. The van der Waals surface area contributed by atoms with Crippen molar-refractivity contribution in [3.63, 3.8) is 0 Å². The highest BCUT2D eigenvalue weighted by atomic mass is 16.6. The smallest absolute Gasteiger partial charge is 0.311 e. The third-order valence-electron chi connectivity index (χ3n) is 2.43. The number of hydrogen-bond donors (Lipinski definition) is 3. The zero-order valence-corrected chi connectivity index (χ0v) is 9.75. The molecule has 94 valence electrons. The lowest BCUT2D eigenvalue weighted by molar-refractivity contribution is -0.384. The van der Waals surface area contributed by atoms with Gasteiger partial charge in [0.05, 0.1) is 17.6 Å². The Morgan fingerprint density at radius 3 is 2.65 bits per heavy atom. The maximum absolute atomic E-state index is 10.5. The number of hydrogen-bond acceptors (Lipinski definition) is 6. The van der Waals surface area contributed by atoms with Gasteiger partial charge in [-0.25, -0.2) is 4.98 Å². The molecule has 4 N–H and O–H groups in total. The summed E-state index contributed by atoms with van der Waals surface area (Å²) in [5.74, 6) is 0.486. The fourth-order valence-corrected chi connectivity index (χ4v) is 1.32. The Morgan fingerprint density at radius 1 is 1.59 bits per heavy atom. The standard InChI is InChI=1S/C10H16N4O3/c1-6(2)7(5-15)12-9-4-3-8(14(16)17)10(11)13-9/h3-4,6-7,15H,5H2,1-2H3,(H3,11,12,13). The molecule has 1 atom stereocenters. The molecular formula is C10H16N4O3. The van der Waals surface area contributed by atoms with E-state index in [-0.39, 0.29) is 30.1 Å². The highest BCUT2D eigenvalue weighted by Gasteiger charge is 2.16. The van der Waals surface area contributed by atoms with Gasteiger partial charge in [0.15, 0.2) is 0 Å². The van der Waals surface area contributed by atoms with E-state index in [2.05, 4.69) is 10.3 Å². The molecule has 7 nitrogen and oxygen atoms in total. The van der Waals surface area contributed by atoms with E-state index in [9.17, 15) is 10.1 Å². The van der Waals surface area contributed by atoms with Crippen molar-refractivity contribution in [2.24, 2.45) is 5.92 Å². The van der Waals surface area contributed by atoms with E-state index in [1.54, 1.807) is 0 Å². The van der Waals surface area contributed by atoms with E-state index >= 15 is 0 Å². The molecule has 1 unspecified atom stereocenters. The molecule has 1 aromatic rings. The monoisotopic (exact) mass is 240 g/mol. The summed E-state index contributed by atoms with van der Waals surface area (Å²) in [5.41, 5.74) is 5.24. The lowest BCUT2D eigenvalue weighted by atomic mass is 10.1. The minimum atomic E-state index is -0.585. The van der Waals surface area contributed by atoms with Crippen LogP contribution in [0.4, 0.5) is 17.3 Å². The van der Waals surface area contributed by atoms with E-state index < -0.39 is 4.92 Å². The number of nitrogens with one attached hydrogen (secondary N) is 1. The van der Waals surface area contributed by atoms with Crippen molar-refractivity contribution in [1.82, 2.24) is 4.98 Å². The second kappa shape index (κ2) is 5.44. The molecular weight excluding hydrogens is 224 g/mol. The molecule has 0 saturated carbocycles. The largest absolute Gasteiger partial charge is 0.394 e. The minimum absolute atomic E-state index is 0.0454. The predicted octanol–water partition coefficient (Wildman–Crippen LogP) is 1.00. The fourth-order valence-electron chi connectivity index (χ4n) is 1.32. The number of anilines is 2. The van der Waals surface area contributed by atoms with Crippen LogP contribution in [0.5, 0.6) is 0 Å². The minimum Gasteiger partial charge on any atom is -0.394 e. The molecule has 17 heavy (non-hydrogen) atoms. The number of aliphatic hydroxyl groups is 1. The van der Waals surface area contributed by atoms with Gasteiger partial charge in [0, 0.05) is 6.07 Å². The van der Waals surface area contributed by atoms with Gasteiger partial charge in [0.25, 0.3) is 0 Å². The highest BCUT2D eigenvalue weighted by Crippen LogP contribution is 2.21. The number of nitrogens with zero attached hydrogens (tertiary/aromatic N) is 2. The molecule has 0 aliphatic rings. The van der Waals surface area contributed by atoms with Crippen LogP contribution < -0.4 is 11.1 Å². The van der Waals surface area contributed by atoms with E-state index in [4.69, 9.17) is 10.8 Å². The molecule has 0 bridgehead atoms. The number of aromatic nitrogens is 1. The Labute approximate surface area is 98.8 Å². The molecule has 0 saturated heterocycles. The van der Waals surface area contributed by atoms with Crippen molar-refractivity contribution in [3.8, 4) is 0 Å². The third kappa shape index (κ3) is 3.28. The average molecular weight is 240 g/mol. The van der Waals surface area contributed by atoms with Crippen molar-refractivity contribution in [2.75, 3.05) is 17.7 Å². The van der Waals surface area contributed by atoms with Crippen molar-refractivity contribution >= 4 is 17.3 Å². The number of aliphatic hydroxyl groups excluding tert-OH is 1. The Hall–Kier alpha value is -1.89. The summed E-state index contributed by atoms with van der Waals surface area (Å²) in [6.07, 6.45) is 0. The lowest BCUT2D eigenvalue weighted by Crippen LogP contribution is -2.29. The Balaban J connectivity index is 2.87. The number of pyridine rings is 1. The SMILES string of the molecule is CC(C)C(CO)Nc1ccc([N+](=O)[O-])c(N)n1. The highest BCUT2D eigenvalue weighted by molar-refractivity contribution is 5.57. The van der Waals surface area contributed by atoms with Crippen LogP contribution in [0.2, 0.25) is 0 Å². The van der Waals surface area contributed by atoms with Crippen LogP contribution in [0.25, 0.3) is 0 Å². The van der Waals surface area contributed by atoms with Gasteiger partial charge < -0.3 is 16.2 Å². The first kappa shape index (κ1) is 13.2. The van der Waals surface area contributed by atoms with E-state index in [1.165, 1.54) is 12.1 Å². The summed E-state index contributed by atoms with van der Waals surface area (Å²) >= 11 is 0. The molecule has 1 rings (SSSR count). The van der Waals surface area contributed by atoms with Crippen LogP contribution in [-0.4, -0.2) is 27.7 Å². The summed E-state index contributed by atoms with van der Waals surface area (Å²) in [7, 11) is 0. The van der Waals surface area contributed by atoms with Gasteiger partial charge in [-0.15, -0.1) is 0 Å². The average Bonchev–Trinajstić information content (AvgIpc) is 2.24. The van der Waals surface area contributed by atoms with E-state index in [0.29, 0.717) is 5.82 Å². The zero-order valence-electron chi connectivity index (χ0n) is 9.75. The summed E-state index contributed by atoms with van der Waals surface area (Å²) in [6.45, 7) is 3.85. The Morgan fingerprint density at radius 2 is 2.24 bits per heavy atom. The number of rotatable bonds is 5. The van der Waals surface area contributed by atoms with Gasteiger partial charge in [-0.05, 0) is 12.0 Å². The molecule has 1 aromatic heterocycles. The second-order valence-electron chi connectivity index (χ2n) is 4.04. The first-order valence-corrected chi connectivity index (χ1v) is 5.24. The predicted molar refractivity (Wildman–Crippen MR) is 64.6 cm³/mol. The normalized spacial score (nSPS) is 12.5. The molecule has 0 aliphatic heterocycles. The van der Waals surface area contributed by atoms with Crippen LogP contribution in [0, 0.1) is 16.0 Å². The van der Waals surface area contributed by atoms with Crippen molar-refractivity contribution < 1.29 is 10.0 Å². The van der Waals surface area contributed by atoms with Gasteiger partial charge in [0.2, 0.25) is 5.82 Å². The zero-order chi connectivity index (χ0) is 13.0. The Bertz CT molecular complexity index is 409. The number of nitro groups is 1. The van der Waals surface area contributed by atoms with Crippen molar-refractivity contribution in [2.45, 2.75) is 19.9 Å². The van der Waals surface area contributed by atoms with Gasteiger partial charge in [-0.3, -0.25) is 10.1 Å². The first-order chi connectivity index (χ1) is 7.95. The summed E-state index contributed by atoms with van der Waals surface area (Å²) in [4.78, 5) is 13.8. The molecule has 0 amide bonds.